The molecule has 32 heavy (non-hydrogen) atoms. The van der Waals surface area contributed by atoms with Crippen LogP contribution in [0.1, 0.15) is 37.9 Å². The number of fused-ring (bicyclic) bond motifs is 2. The van der Waals surface area contributed by atoms with E-state index in [1.54, 1.807) is 24.4 Å². The van der Waals surface area contributed by atoms with E-state index in [2.05, 4.69) is 31.5 Å². The highest BCUT2D eigenvalue weighted by molar-refractivity contribution is 9.10. The second-order valence-electron chi connectivity index (χ2n) is 7.34. The van der Waals surface area contributed by atoms with Crippen LogP contribution in [-0.2, 0) is 0 Å². The Morgan fingerprint density at radius 1 is 1.06 bits per heavy atom. The minimum Gasteiger partial charge on any atom is -0.361 e. The zero-order valence-corrected chi connectivity index (χ0v) is 18.4. The fourth-order valence-electron chi connectivity index (χ4n) is 3.97. The number of amides is 2. The molecule has 9 heteroatoms. The van der Waals surface area contributed by atoms with Gasteiger partial charge in [0.15, 0.2) is 0 Å². The Kier molecular flexibility index (Phi) is 4.98. The quantitative estimate of drug-likeness (QED) is 0.315. The maximum absolute atomic E-state index is 14.1. The normalized spacial score (nSPS) is 15.0. The predicted octanol–water partition coefficient (Wildman–Crippen LogP) is 5.95. The van der Waals surface area contributed by atoms with Crippen LogP contribution in [0.25, 0.3) is 10.9 Å². The Labute approximate surface area is 193 Å². The molecule has 4 aromatic rings. The van der Waals surface area contributed by atoms with Gasteiger partial charge in [-0.15, -0.1) is 0 Å². The molecule has 0 bridgehead atoms. The number of benzene rings is 3. The molecule has 2 amide bonds. The van der Waals surface area contributed by atoms with Crippen LogP contribution in [0.3, 0.4) is 0 Å². The minimum atomic E-state index is -0.776. The first-order valence-corrected chi connectivity index (χ1v) is 10.7. The minimum absolute atomic E-state index is 0.108. The molecule has 160 valence electrons. The summed E-state index contributed by atoms with van der Waals surface area (Å²) in [7, 11) is 0. The summed E-state index contributed by atoms with van der Waals surface area (Å²) in [6, 6.07) is 10.5. The van der Waals surface area contributed by atoms with Crippen LogP contribution in [0.2, 0.25) is 5.02 Å². The predicted molar refractivity (Wildman–Crippen MR) is 121 cm³/mol. The van der Waals surface area contributed by atoms with E-state index >= 15 is 0 Å². The molecule has 3 N–H and O–H groups in total. The van der Waals surface area contributed by atoms with Gasteiger partial charge in [0.25, 0.3) is 11.8 Å². The number of H-pyrrole nitrogens is 1. The first kappa shape index (κ1) is 20.7. The molecule has 0 fully saturated rings. The summed E-state index contributed by atoms with van der Waals surface area (Å²) in [6.07, 6.45) is 1.61. The van der Waals surface area contributed by atoms with Crippen molar-refractivity contribution in [2.45, 2.75) is 6.04 Å². The monoisotopic (exact) mass is 515 g/mol. The molecular weight excluding hydrogens is 504 g/mol. The van der Waals surface area contributed by atoms with E-state index in [1.165, 1.54) is 24.3 Å². The zero-order valence-electron chi connectivity index (χ0n) is 16.1. The molecule has 1 aromatic heterocycles. The molecule has 1 aliphatic rings. The molecule has 1 unspecified atom stereocenters. The van der Waals surface area contributed by atoms with Gasteiger partial charge in [-0.1, -0.05) is 27.5 Å². The van der Waals surface area contributed by atoms with Gasteiger partial charge < -0.3 is 15.6 Å². The molecule has 0 radical (unpaired) electrons. The standard InChI is InChI=1S/C23H13BrClF2N3O2/c24-11-6-15-19(21(30-22(15)31)14-8-12(26)1-2-17(14)25)18(7-11)29-23(32)16-9-13(27)5-10-3-4-28-20(10)16/h1-9,21,28H,(H,29,32)(H,30,31). The van der Waals surface area contributed by atoms with Crippen molar-refractivity contribution in [1.82, 2.24) is 10.3 Å². The fraction of sp³-hybridized carbons (Fsp3) is 0.0435. The molecular formula is C23H13BrClF2N3O2. The molecule has 3 aromatic carbocycles. The number of hydrogen-bond donors (Lipinski definition) is 3. The molecule has 1 atom stereocenters. The number of nitrogens with one attached hydrogen (secondary N) is 3. The second kappa shape index (κ2) is 7.72. The Morgan fingerprint density at radius 3 is 2.69 bits per heavy atom. The summed E-state index contributed by atoms with van der Waals surface area (Å²) in [5.74, 6) is -2.02. The van der Waals surface area contributed by atoms with E-state index < -0.39 is 23.6 Å². The second-order valence-corrected chi connectivity index (χ2v) is 8.66. The summed E-state index contributed by atoms with van der Waals surface area (Å²) in [4.78, 5) is 28.7. The Bertz CT molecular complexity index is 1440. The number of carbonyl (C=O) groups excluding carboxylic acids is 2. The fourth-order valence-corrected chi connectivity index (χ4v) is 4.66. The zero-order chi connectivity index (χ0) is 22.6. The highest BCUT2D eigenvalue weighted by Crippen LogP contribution is 2.41. The van der Waals surface area contributed by atoms with Crippen LogP contribution >= 0.6 is 27.5 Å². The highest BCUT2D eigenvalue weighted by atomic mass is 79.9. The SMILES string of the molecule is O=C1NC(c2cc(F)ccc2Cl)c2c(NC(=O)c3cc(F)cc4cc[nH]c34)cc(Br)cc21. The van der Waals surface area contributed by atoms with E-state index in [0.29, 0.717) is 37.8 Å². The van der Waals surface area contributed by atoms with Gasteiger partial charge in [0.2, 0.25) is 0 Å². The van der Waals surface area contributed by atoms with Gasteiger partial charge in [-0.25, -0.2) is 8.78 Å². The lowest BCUT2D eigenvalue weighted by molar-refractivity contribution is 0.0959. The van der Waals surface area contributed by atoms with Crippen molar-refractivity contribution in [3.05, 3.63) is 98.1 Å². The van der Waals surface area contributed by atoms with Crippen molar-refractivity contribution in [1.29, 1.82) is 0 Å². The molecule has 5 nitrogen and oxygen atoms in total. The van der Waals surface area contributed by atoms with Gasteiger partial charge in [-0.05, 0) is 48.5 Å². The number of carbonyl (C=O) groups is 2. The van der Waals surface area contributed by atoms with Crippen LogP contribution in [0.5, 0.6) is 0 Å². The third kappa shape index (κ3) is 3.45. The molecule has 5 rings (SSSR count). The Balaban J connectivity index is 1.62. The van der Waals surface area contributed by atoms with Crippen molar-refractivity contribution in [3.8, 4) is 0 Å². The van der Waals surface area contributed by atoms with Crippen LogP contribution in [0.15, 0.2) is 59.2 Å². The number of anilines is 1. The van der Waals surface area contributed by atoms with Crippen LogP contribution < -0.4 is 10.6 Å². The first-order valence-electron chi connectivity index (χ1n) is 9.49. The molecule has 0 saturated carbocycles. The van der Waals surface area contributed by atoms with Crippen molar-refractivity contribution in [2.24, 2.45) is 0 Å². The lowest BCUT2D eigenvalue weighted by Gasteiger charge is -2.18. The van der Waals surface area contributed by atoms with E-state index in [0.717, 1.165) is 6.07 Å². The van der Waals surface area contributed by atoms with Gasteiger partial charge >= 0.3 is 0 Å². The van der Waals surface area contributed by atoms with Gasteiger partial charge in [0.05, 0.1) is 17.1 Å². The average Bonchev–Trinajstić information content (AvgIpc) is 3.33. The molecule has 0 aliphatic carbocycles. The summed E-state index contributed by atoms with van der Waals surface area (Å²) >= 11 is 9.64. The van der Waals surface area contributed by atoms with Crippen molar-refractivity contribution < 1.29 is 18.4 Å². The molecule has 0 spiro atoms. The summed E-state index contributed by atoms with van der Waals surface area (Å²) in [6.45, 7) is 0. The number of hydrogen-bond acceptors (Lipinski definition) is 2. The Morgan fingerprint density at radius 2 is 1.88 bits per heavy atom. The molecule has 0 saturated heterocycles. The maximum Gasteiger partial charge on any atom is 0.257 e. The third-order valence-electron chi connectivity index (χ3n) is 5.34. The van der Waals surface area contributed by atoms with Crippen LogP contribution in [0, 0.1) is 11.6 Å². The molecule has 1 aliphatic heterocycles. The van der Waals surface area contributed by atoms with Crippen molar-refractivity contribution in [2.75, 3.05) is 5.32 Å². The highest BCUT2D eigenvalue weighted by Gasteiger charge is 2.34. The lowest BCUT2D eigenvalue weighted by Crippen LogP contribution is -2.21. The maximum atomic E-state index is 14.1. The smallest absolute Gasteiger partial charge is 0.257 e. The number of aromatic nitrogens is 1. The van der Waals surface area contributed by atoms with Crippen LogP contribution in [-0.4, -0.2) is 16.8 Å². The largest absolute Gasteiger partial charge is 0.361 e. The van der Waals surface area contributed by atoms with Gasteiger partial charge in [-0.2, -0.15) is 0 Å². The van der Waals surface area contributed by atoms with Gasteiger partial charge in [0.1, 0.15) is 11.6 Å². The summed E-state index contributed by atoms with van der Waals surface area (Å²) < 4.78 is 28.6. The summed E-state index contributed by atoms with van der Waals surface area (Å²) in [5.41, 5.74) is 2.01. The summed E-state index contributed by atoms with van der Waals surface area (Å²) in [5, 5.41) is 6.39. The van der Waals surface area contributed by atoms with Crippen molar-refractivity contribution in [3.63, 3.8) is 0 Å². The number of halogens is 4. The topological polar surface area (TPSA) is 74.0 Å². The first-order chi connectivity index (χ1) is 15.3. The number of rotatable bonds is 3. The van der Waals surface area contributed by atoms with Crippen molar-refractivity contribution >= 4 is 55.9 Å². The third-order valence-corrected chi connectivity index (χ3v) is 6.14. The average molecular weight is 517 g/mol. The number of aromatic amines is 1. The molecule has 2 heterocycles. The van der Waals surface area contributed by atoms with E-state index in [-0.39, 0.29) is 16.5 Å². The lowest BCUT2D eigenvalue weighted by atomic mass is 9.96. The van der Waals surface area contributed by atoms with E-state index in [1.807, 2.05) is 0 Å². The Hall–Kier alpha value is -3.23. The van der Waals surface area contributed by atoms with Gasteiger partial charge in [-0.3, -0.25) is 9.59 Å². The van der Waals surface area contributed by atoms with E-state index in [4.69, 9.17) is 11.6 Å². The van der Waals surface area contributed by atoms with Crippen LogP contribution in [0.4, 0.5) is 14.5 Å². The van der Waals surface area contributed by atoms with E-state index in [9.17, 15) is 18.4 Å². The van der Waals surface area contributed by atoms with Gasteiger partial charge in [0, 0.05) is 43.5 Å².